The Morgan fingerprint density at radius 2 is 2.12 bits per heavy atom. The van der Waals surface area contributed by atoms with Gasteiger partial charge in [-0.1, -0.05) is 0 Å². The molecular weight excluding hydrogens is 218 g/mol. The number of nitrogens with zero attached hydrogens (tertiary/aromatic N) is 4. The minimum absolute atomic E-state index is 0.0749. The van der Waals surface area contributed by atoms with E-state index in [0.29, 0.717) is 18.7 Å². The van der Waals surface area contributed by atoms with Crippen LogP contribution < -0.4 is 5.32 Å². The zero-order valence-electron chi connectivity index (χ0n) is 11.0. The van der Waals surface area contributed by atoms with Gasteiger partial charge in [0.15, 0.2) is 5.82 Å². The number of nitrogens with one attached hydrogen (secondary N) is 1. The van der Waals surface area contributed by atoms with Crippen molar-refractivity contribution in [2.24, 2.45) is 0 Å². The molecule has 96 valence electrons. The third-order valence-corrected chi connectivity index (χ3v) is 3.09. The number of tetrazole rings is 1. The molecule has 1 N–H and O–H groups in total. The lowest BCUT2D eigenvalue weighted by atomic mass is 9.89. The number of rotatable bonds is 4. The van der Waals surface area contributed by atoms with Crippen LogP contribution in [0.3, 0.4) is 0 Å². The van der Waals surface area contributed by atoms with Crippen LogP contribution in [0.2, 0.25) is 0 Å². The molecule has 1 aromatic heterocycles. The minimum atomic E-state index is 0.0749. The second-order valence-corrected chi connectivity index (χ2v) is 5.63. The summed E-state index contributed by atoms with van der Waals surface area (Å²) in [6.45, 7) is 7.09. The summed E-state index contributed by atoms with van der Waals surface area (Å²) in [5.41, 5.74) is 0.0749. The van der Waals surface area contributed by atoms with E-state index in [9.17, 15) is 0 Å². The van der Waals surface area contributed by atoms with Crippen molar-refractivity contribution in [3.05, 3.63) is 5.82 Å². The summed E-state index contributed by atoms with van der Waals surface area (Å²) in [4.78, 5) is 0. The smallest absolute Gasteiger partial charge is 0.165 e. The molecule has 2 rings (SSSR count). The molecule has 1 aliphatic carbocycles. The fraction of sp³-hybridized carbons (Fsp3) is 0.909. The van der Waals surface area contributed by atoms with Gasteiger partial charge in [0.1, 0.15) is 0 Å². The van der Waals surface area contributed by atoms with Gasteiger partial charge in [-0.25, -0.2) is 4.68 Å². The Morgan fingerprint density at radius 1 is 1.41 bits per heavy atom. The van der Waals surface area contributed by atoms with E-state index in [-0.39, 0.29) is 5.54 Å². The molecule has 0 aromatic carbocycles. The van der Waals surface area contributed by atoms with E-state index in [1.54, 1.807) is 7.11 Å². The number of aromatic nitrogens is 4. The molecule has 1 saturated carbocycles. The van der Waals surface area contributed by atoms with Crippen LogP contribution in [0.5, 0.6) is 0 Å². The maximum Gasteiger partial charge on any atom is 0.165 e. The molecule has 0 unspecified atom stereocenters. The highest BCUT2D eigenvalue weighted by Gasteiger charge is 2.33. The molecule has 17 heavy (non-hydrogen) atoms. The van der Waals surface area contributed by atoms with E-state index in [1.165, 1.54) is 0 Å². The largest absolute Gasteiger partial charge is 0.381 e. The molecule has 1 aliphatic rings. The molecule has 1 fully saturated rings. The second-order valence-electron chi connectivity index (χ2n) is 5.63. The fourth-order valence-corrected chi connectivity index (χ4v) is 1.89. The number of ether oxygens (including phenoxy) is 1. The highest BCUT2D eigenvalue weighted by molar-refractivity contribution is 4.92. The Bertz CT molecular complexity index is 364. The van der Waals surface area contributed by atoms with Crippen LogP contribution in [0, 0.1) is 0 Å². The maximum absolute atomic E-state index is 5.27. The Hall–Kier alpha value is -1.01. The topological polar surface area (TPSA) is 64.9 Å². The van der Waals surface area contributed by atoms with E-state index in [4.69, 9.17) is 4.74 Å². The van der Waals surface area contributed by atoms with Gasteiger partial charge < -0.3 is 10.1 Å². The predicted octanol–water partition coefficient (Wildman–Crippen LogP) is 0.911. The highest BCUT2D eigenvalue weighted by atomic mass is 16.5. The first-order valence-electron chi connectivity index (χ1n) is 6.04. The summed E-state index contributed by atoms with van der Waals surface area (Å²) in [5, 5.41) is 15.3. The van der Waals surface area contributed by atoms with Crippen LogP contribution in [0.25, 0.3) is 0 Å². The molecule has 0 aliphatic heterocycles. The number of methoxy groups -OCH3 is 1. The normalized spacial score (nSPS) is 24.7. The standard InChI is InChI=1S/C11H21N5O/c1-11(2,3)12-7-10-13-14-15-16(10)8-5-9(6-8)17-4/h8-9,12H,5-7H2,1-4H3. The SMILES string of the molecule is COC1CC(n2nnnc2CNC(C)(C)C)C1. The summed E-state index contributed by atoms with van der Waals surface area (Å²) in [6.07, 6.45) is 2.38. The zero-order valence-corrected chi connectivity index (χ0v) is 11.0. The summed E-state index contributed by atoms with van der Waals surface area (Å²) in [7, 11) is 1.75. The van der Waals surface area contributed by atoms with Crippen LogP contribution in [0.15, 0.2) is 0 Å². The lowest BCUT2D eigenvalue weighted by molar-refractivity contribution is 0.000876. The minimum Gasteiger partial charge on any atom is -0.381 e. The lowest BCUT2D eigenvalue weighted by Gasteiger charge is -2.34. The van der Waals surface area contributed by atoms with Gasteiger partial charge in [-0.2, -0.15) is 0 Å². The predicted molar refractivity (Wildman–Crippen MR) is 63.5 cm³/mol. The van der Waals surface area contributed by atoms with E-state index >= 15 is 0 Å². The van der Waals surface area contributed by atoms with E-state index in [2.05, 4.69) is 41.6 Å². The third kappa shape index (κ3) is 3.01. The first-order chi connectivity index (χ1) is 7.99. The zero-order chi connectivity index (χ0) is 12.5. The Morgan fingerprint density at radius 3 is 2.71 bits per heavy atom. The summed E-state index contributed by atoms with van der Waals surface area (Å²) >= 11 is 0. The average Bonchev–Trinajstić information content (AvgIpc) is 2.60. The van der Waals surface area contributed by atoms with Crippen molar-refractivity contribution in [2.45, 2.75) is 57.8 Å². The molecule has 0 spiro atoms. The first-order valence-corrected chi connectivity index (χ1v) is 6.04. The first kappa shape index (κ1) is 12.4. The summed E-state index contributed by atoms with van der Waals surface area (Å²) < 4.78 is 7.20. The Balaban J connectivity index is 1.94. The van der Waals surface area contributed by atoms with Gasteiger partial charge >= 0.3 is 0 Å². The van der Waals surface area contributed by atoms with Crippen molar-refractivity contribution in [3.8, 4) is 0 Å². The highest BCUT2D eigenvalue weighted by Crippen LogP contribution is 2.33. The third-order valence-electron chi connectivity index (χ3n) is 3.09. The van der Waals surface area contributed by atoms with Crippen molar-refractivity contribution in [1.82, 2.24) is 25.5 Å². The van der Waals surface area contributed by atoms with Crippen molar-refractivity contribution < 1.29 is 4.74 Å². The van der Waals surface area contributed by atoms with Gasteiger partial charge in [0.05, 0.1) is 18.7 Å². The Labute approximate surface area is 102 Å². The van der Waals surface area contributed by atoms with Crippen molar-refractivity contribution in [1.29, 1.82) is 0 Å². The molecule has 0 amide bonds. The molecule has 1 aromatic rings. The van der Waals surface area contributed by atoms with Crippen molar-refractivity contribution in [2.75, 3.05) is 7.11 Å². The van der Waals surface area contributed by atoms with Gasteiger partial charge in [-0.15, -0.1) is 5.10 Å². The molecule has 6 heteroatoms. The lowest BCUT2D eigenvalue weighted by Crippen LogP contribution is -2.38. The number of hydrogen-bond donors (Lipinski definition) is 1. The van der Waals surface area contributed by atoms with Crippen LogP contribution in [0.1, 0.15) is 45.5 Å². The van der Waals surface area contributed by atoms with Gasteiger partial charge in [0.2, 0.25) is 0 Å². The van der Waals surface area contributed by atoms with Gasteiger partial charge in [-0.3, -0.25) is 0 Å². The van der Waals surface area contributed by atoms with Crippen LogP contribution in [0.4, 0.5) is 0 Å². The fourth-order valence-electron chi connectivity index (χ4n) is 1.89. The maximum atomic E-state index is 5.27. The molecule has 0 bridgehead atoms. The number of hydrogen-bond acceptors (Lipinski definition) is 5. The monoisotopic (exact) mass is 239 g/mol. The molecule has 0 saturated heterocycles. The van der Waals surface area contributed by atoms with E-state index < -0.39 is 0 Å². The van der Waals surface area contributed by atoms with Gasteiger partial charge in [0.25, 0.3) is 0 Å². The Kier molecular flexibility index (Phi) is 3.44. The second kappa shape index (κ2) is 4.70. The quantitative estimate of drug-likeness (QED) is 0.846. The van der Waals surface area contributed by atoms with Crippen molar-refractivity contribution in [3.63, 3.8) is 0 Å². The van der Waals surface area contributed by atoms with Gasteiger partial charge in [-0.05, 0) is 44.0 Å². The van der Waals surface area contributed by atoms with Crippen LogP contribution in [-0.2, 0) is 11.3 Å². The van der Waals surface area contributed by atoms with E-state index in [0.717, 1.165) is 18.7 Å². The van der Waals surface area contributed by atoms with Crippen LogP contribution in [-0.4, -0.2) is 39.0 Å². The van der Waals surface area contributed by atoms with Crippen molar-refractivity contribution >= 4 is 0 Å². The summed E-state index contributed by atoms with van der Waals surface area (Å²) in [5.74, 6) is 0.902. The molecule has 0 atom stereocenters. The summed E-state index contributed by atoms with van der Waals surface area (Å²) in [6, 6.07) is 0.395. The molecule has 6 nitrogen and oxygen atoms in total. The van der Waals surface area contributed by atoms with E-state index in [1.807, 2.05) is 4.68 Å². The molecule has 1 heterocycles. The molecule has 0 radical (unpaired) electrons. The van der Waals surface area contributed by atoms with Crippen LogP contribution >= 0.6 is 0 Å². The molecular formula is C11H21N5O. The average molecular weight is 239 g/mol. The van der Waals surface area contributed by atoms with Gasteiger partial charge in [0, 0.05) is 12.6 Å².